The number of hydrogen-bond donors (Lipinski definition) is 1. The van der Waals surface area contributed by atoms with Crippen molar-refractivity contribution >= 4 is 11.0 Å². The van der Waals surface area contributed by atoms with E-state index in [2.05, 4.69) is 15.1 Å². The smallest absolute Gasteiger partial charge is 0.349 e. The van der Waals surface area contributed by atoms with E-state index in [0.717, 1.165) is 26.8 Å². The molecule has 0 bridgehead atoms. The van der Waals surface area contributed by atoms with Gasteiger partial charge in [-0.3, -0.25) is 9.78 Å². The van der Waals surface area contributed by atoms with Crippen LogP contribution >= 0.6 is 0 Å². The van der Waals surface area contributed by atoms with Crippen molar-refractivity contribution < 1.29 is 4.74 Å². The molecule has 9 nitrogen and oxygen atoms in total. The molecule has 2 aromatic heterocycles. The summed E-state index contributed by atoms with van der Waals surface area (Å²) < 4.78 is 9.12. The Balaban J connectivity index is 1.79. The van der Waals surface area contributed by atoms with Crippen LogP contribution in [0.25, 0.3) is 16.7 Å². The highest BCUT2D eigenvalue weighted by atomic mass is 16.5. The topological polar surface area (TPSA) is 119 Å². The molecule has 0 spiro atoms. The first-order chi connectivity index (χ1) is 14.4. The first kappa shape index (κ1) is 19.1. The Bertz CT molecular complexity index is 1440. The lowest BCUT2D eigenvalue weighted by atomic mass is 10.1. The van der Waals surface area contributed by atoms with E-state index in [1.54, 1.807) is 24.5 Å². The van der Waals surface area contributed by atoms with Crippen LogP contribution in [-0.2, 0) is 13.5 Å². The van der Waals surface area contributed by atoms with Crippen LogP contribution < -0.4 is 16.0 Å². The molecule has 0 saturated heterocycles. The fourth-order valence-electron chi connectivity index (χ4n) is 3.29. The summed E-state index contributed by atoms with van der Waals surface area (Å²) in [5, 5.41) is 12.9. The number of nitrogens with zero attached hydrogens (tertiary/aromatic N) is 5. The number of aryl methyl sites for hydroxylation is 3. The predicted octanol–water partition coefficient (Wildman–Crippen LogP) is 2.34. The fraction of sp³-hybridized carbons (Fsp3) is 0.190. The summed E-state index contributed by atoms with van der Waals surface area (Å²) in [6, 6.07) is 10.9. The van der Waals surface area contributed by atoms with Crippen LogP contribution in [-0.4, -0.2) is 24.3 Å². The number of aromatic amines is 1. The fourth-order valence-corrected chi connectivity index (χ4v) is 3.29. The molecule has 2 aromatic carbocycles. The van der Waals surface area contributed by atoms with E-state index in [-0.39, 0.29) is 5.69 Å². The predicted molar refractivity (Wildman–Crippen MR) is 110 cm³/mol. The number of H-pyrrole nitrogens is 1. The number of nitrogens with one attached hydrogen (secondary N) is 1. The van der Waals surface area contributed by atoms with Crippen molar-refractivity contribution in [2.45, 2.75) is 20.3 Å². The average molecular weight is 402 g/mol. The van der Waals surface area contributed by atoms with Gasteiger partial charge in [-0.05, 0) is 48.7 Å². The first-order valence-electron chi connectivity index (χ1n) is 9.28. The third-order valence-electron chi connectivity index (χ3n) is 4.81. The molecule has 1 N–H and O–H groups in total. The zero-order valence-corrected chi connectivity index (χ0v) is 16.6. The molecule has 0 atom stereocenters. The van der Waals surface area contributed by atoms with Gasteiger partial charge in [0.1, 0.15) is 17.6 Å². The second-order valence-corrected chi connectivity index (χ2v) is 6.84. The van der Waals surface area contributed by atoms with Gasteiger partial charge in [0, 0.05) is 13.1 Å². The molecule has 0 fully saturated rings. The van der Waals surface area contributed by atoms with Crippen molar-refractivity contribution in [1.82, 2.24) is 24.3 Å². The van der Waals surface area contributed by atoms with E-state index < -0.39 is 11.2 Å². The highest BCUT2D eigenvalue weighted by Crippen LogP contribution is 2.32. The second-order valence-electron chi connectivity index (χ2n) is 6.84. The Morgan fingerprint density at radius 2 is 2.03 bits per heavy atom. The van der Waals surface area contributed by atoms with E-state index >= 15 is 0 Å². The third kappa shape index (κ3) is 3.24. The molecule has 0 unspecified atom stereocenters. The number of benzene rings is 2. The number of imidazole rings is 1. The minimum absolute atomic E-state index is 0.380. The number of aromatic nitrogens is 5. The highest BCUT2D eigenvalue weighted by Gasteiger charge is 2.14. The van der Waals surface area contributed by atoms with Crippen LogP contribution in [0.4, 0.5) is 0 Å². The van der Waals surface area contributed by atoms with E-state index in [1.807, 2.05) is 43.7 Å². The Labute approximate surface area is 170 Å². The average Bonchev–Trinajstić information content (AvgIpc) is 3.10. The molecule has 0 saturated carbocycles. The number of hydrogen-bond acceptors (Lipinski definition) is 6. The van der Waals surface area contributed by atoms with Gasteiger partial charge in [0.25, 0.3) is 5.56 Å². The van der Waals surface area contributed by atoms with Gasteiger partial charge in [-0.2, -0.15) is 9.94 Å². The number of nitriles is 1. The van der Waals surface area contributed by atoms with E-state index in [1.165, 1.54) is 0 Å². The molecule has 0 aliphatic heterocycles. The third-order valence-corrected chi connectivity index (χ3v) is 4.81. The zero-order chi connectivity index (χ0) is 21.4. The maximum atomic E-state index is 12.2. The van der Waals surface area contributed by atoms with Crippen molar-refractivity contribution in [2.75, 3.05) is 0 Å². The molecule has 0 radical (unpaired) electrons. The lowest BCUT2D eigenvalue weighted by Gasteiger charge is -2.16. The molecule has 9 heteroatoms. The van der Waals surface area contributed by atoms with Gasteiger partial charge in [0.2, 0.25) is 5.69 Å². The van der Waals surface area contributed by atoms with E-state index in [9.17, 15) is 9.59 Å². The molecule has 4 aromatic rings. The van der Waals surface area contributed by atoms with Crippen molar-refractivity contribution in [3.05, 3.63) is 74.3 Å². The summed E-state index contributed by atoms with van der Waals surface area (Å²) in [5.41, 5.74) is 2.01. The van der Waals surface area contributed by atoms with Gasteiger partial charge >= 0.3 is 5.69 Å². The molecule has 150 valence electrons. The minimum atomic E-state index is -0.809. The summed E-state index contributed by atoms with van der Waals surface area (Å²) in [5.74, 6) is 1.35. The van der Waals surface area contributed by atoms with Crippen LogP contribution in [0.5, 0.6) is 11.5 Å². The Kier molecular flexibility index (Phi) is 4.68. The van der Waals surface area contributed by atoms with Crippen molar-refractivity contribution in [1.29, 1.82) is 5.26 Å². The molecular weight excluding hydrogens is 384 g/mol. The quantitative estimate of drug-likeness (QED) is 0.560. The summed E-state index contributed by atoms with van der Waals surface area (Å²) >= 11 is 0. The van der Waals surface area contributed by atoms with Gasteiger partial charge in [0.15, 0.2) is 0 Å². The highest BCUT2D eigenvalue weighted by molar-refractivity contribution is 5.77. The van der Waals surface area contributed by atoms with Crippen LogP contribution in [0.2, 0.25) is 0 Å². The maximum Gasteiger partial charge on any atom is 0.349 e. The van der Waals surface area contributed by atoms with E-state index in [4.69, 9.17) is 10.00 Å². The number of ether oxygens (including phenoxy) is 1. The molecule has 0 amide bonds. The molecule has 30 heavy (non-hydrogen) atoms. The minimum Gasteiger partial charge on any atom is -0.457 e. The lowest BCUT2D eigenvalue weighted by molar-refractivity contribution is 0.473. The van der Waals surface area contributed by atoms with Crippen molar-refractivity contribution in [2.24, 2.45) is 7.05 Å². The molecule has 4 rings (SSSR count). The molecule has 0 aliphatic rings. The summed E-state index contributed by atoms with van der Waals surface area (Å²) in [7, 11) is 1.92. The van der Waals surface area contributed by atoms with Crippen LogP contribution in [0.15, 0.2) is 46.2 Å². The lowest BCUT2D eigenvalue weighted by Crippen LogP contribution is -2.33. The summed E-state index contributed by atoms with van der Waals surface area (Å²) in [6.07, 6.45) is 2.39. The first-order valence-corrected chi connectivity index (χ1v) is 9.28. The van der Waals surface area contributed by atoms with Gasteiger partial charge in [-0.25, -0.2) is 9.78 Å². The van der Waals surface area contributed by atoms with Gasteiger partial charge in [-0.1, -0.05) is 6.92 Å². The summed E-state index contributed by atoms with van der Waals surface area (Å²) in [6.45, 7) is 3.84. The van der Waals surface area contributed by atoms with Gasteiger partial charge in [-0.15, -0.1) is 5.10 Å². The van der Waals surface area contributed by atoms with Crippen LogP contribution in [0, 0.1) is 18.3 Å². The van der Waals surface area contributed by atoms with Crippen LogP contribution in [0.1, 0.15) is 23.7 Å². The SMILES string of the molecule is CCc1cc(-n2nc(C#N)c(=O)[nH]c2=O)cc(C)c1Oc1ccc2ncn(C)c2c1. The van der Waals surface area contributed by atoms with Gasteiger partial charge in [0.05, 0.1) is 23.0 Å². The molecule has 0 aliphatic carbocycles. The maximum absolute atomic E-state index is 12.2. The second kappa shape index (κ2) is 7.33. The Morgan fingerprint density at radius 1 is 1.23 bits per heavy atom. The molecular formula is C21H18N6O3. The monoisotopic (exact) mass is 402 g/mol. The van der Waals surface area contributed by atoms with Gasteiger partial charge < -0.3 is 9.30 Å². The van der Waals surface area contributed by atoms with E-state index in [0.29, 0.717) is 23.6 Å². The number of rotatable bonds is 4. The Hall–Kier alpha value is -4.19. The molecule has 2 heterocycles. The van der Waals surface area contributed by atoms with Crippen LogP contribution in [0.3, 0.4) is 0 Å². The zero-order valence-electron chi connectivity index (χ0n) is 16.6. The summed E-state index contributed by atoms with van der Waals surface area (Å²) in [4.78, 5) is 30.3. The van der Waals surface area contributed by atoms with Crippen molar-refractivity contribution in [3.63, 3.8) is 0 Å². The number of fused-ring (bicyclic) bond motifs is 1. The van der Waals surface area contributed by atoms with Crippen molar-refractivity contribution in [3.8, 4) is 23.3 Å². The normalized spacial score (nSPS) is 10.9. The largest absolute Gasteiger partial charge is 0.457 e. The standard InChI is InChI=1S/C21H18N6O3/c1-4-13-8-14(27-21(29)24-20(28)17(10-22)25-27)7-12(2)19(13)30-15-5-6-16-18(9-15)26(3)11-23-16/h5-9,11H,4H2,1-3H3,(H,24,28,29). The Morgan fingerprint density at radius 3 is 2.77 bits per heavy atom.